The molecule has 17 heavy (non-hydrogen) atoms. The van der Waals surface area contributed by atoms with E-state index < -0.39 is 0 Å². The zero-order valence-electron chi connectivity index (χ0n) is 10.5. The Morgan fingerprint density at radius 2 is 2.06 bits per heavy atom. The van der Waals surface area contributed by atoms with E-state index >= 15 is 0 Å². The molecule has 1 amide bonds. The first kappa shape index (κ1) is 13.8. The molecule has 3 nitrogen and oxygen atoms in total. The predicted octanol–water partition coefficient (Wildman–Crippen LogP) is 3.09. The van der Waals surface area contributed by atoms with E-state index in [0.29, 0.717) is 22.8 Å². The van der Waals surface area contributed by atoms with Gasteiger partial charge in [0.2, 0.25) is 0 Å². The van der Waals surface area contributed by atoms with Crippen molar-refractivity contribution in [3.63, 3.8) is 0 Å². The van der Waals surface area contributed by atoms with Gasteiger partial charge in [-0.1, -0.05) is 32.4 Å². The molecule has 1 aromatic carbocycles. The van der Waals surface area contributed by atoms with E-state index in [-0.39, 0.29) is 11.3 Å². The fourth-order valence-corrected chi connectivity index (χ4v) is 1.57. The number of nitrogen functional groups attached to an aromatic ring is 1. The van der Waals surface area contributed by atoms with Gasteiger partial charge in [0.15, 0.2) is 0 Å². The molecule has 0 aliphatic heterocycles. The molecule has 0 aromatic heterocycles. The second-order valence-corrected chi connectivity index (χ2v) is 5.73. The lowest BCUT2D eigenvalue weighted by Gasteiger charge is -2.18. The van der Waals surface area contributed by atoms with Gasteiger partial charge in [-0.15, -0.1) is 0 Å². The fourth-order valence-electron chi connectivity index (χ4n) is 1.39. The molecule has 0 aliphatic carbocycles. The van der Waals surface area contributed by atoms with Crippen molar-refractivity contribution in [1.29, 1.82) is 0 Å². The Hall–Kier alpha value is -1.22. The summed E-state index contributed by atoms with van der Waals surface area (Å²) in [5, 5.41) is 3.39. The van der Waals surface area contributed by atoms with E-state index in [0.717, 1.165) is 6.42 Å². The molecule has 0 fully saturated rings. The molecule has 0 bridgehead atoms. The zero-order valence-corrected chi connectivity index (χ0v) is 11.3. The predicted molar refractivity (Wildman–Crippen MR) is 72.3 cm³/mol. The summed E-state index contributed by atoms with van der Waals surface area (Å²) in [6.45, 7) is 7.05. The second-order valence-electron chi connectivity index (χ2n) is 5.30. The van der Waals surface area contributed by atoms with E-state index in [1.165, 1.54) is 0 Å². The lowest BCUT2D eigenvalue weighted by Crippen LogP contribution is -2.27. The number of benzene rings is 1. The molecule has 0 spiro atoms. The van der Waals surface area contributed by atoms with Crippen LogP contribution in [0.2, 0.25) is 5.02 Å². The summed E-state index contributed by atoms with van der Waals surface area (Å²) in [6, 6.07) is 4.89. The first-order valence-electron chi connectivity index (χ1n) is 5.63. The summed E-state index contributed by atoms with van der Waals surface area (Å²) < 4.78 is 0. The van der Waals surface area contributed by atoms with Crippen LogP contribution in [0, 0.1) is 5.41 Å². The van der Waals surface area contributed by atoms with Gasteiger partial charge in [0, 0.05) is 17.3 Å². The largest absolute Gasteiger partial charge is 0.398 e. The first-order chi connectivity index (χ1) is 7.79. The van der Waals surface area contributed by atoms with Gasteiger partial charge in [-0.2, -0.15) is 0 Å². The Morgan fingerprint density at radius 3 is 2.59 bits per heavy atom. The van der Waals surface area contributed by atoms with Crippen molar-refractivity contribution in [2.24, 2.45) is 5.41 Å². The summed E-state index contributed by atoms with van der Waals surface area (Å²) in [4.78, 5) is 11.8. The molecule has 0 heterocycles. The Labute approximate surface area is 107 Å². The number of halogens is 1. The van der Waals surface area contributed by atoms with Crippen LogP contribution in [0.1, 0.15) is 37.6 Å². The number of hydrogen-bond donors (Lipinski definition) is 2. The minimum Gasteiger partial charge on any atom is -0.398 e. The maximum Gasteiger partial charge on any atom is 0.253 e. The zero-order chi connectivity index (χ0) is 13.1. The lowest BCUT2D eigenvalue weighted by molar-refractivity contribution is 0.0950. The van der Waals surface area contributed by atoms with Crippen LogP contribution in [-0.4, -0.2) is 12.5 Å². The van der Waals surface area contributed by atoms with Crippen molar-refractivity contribution in [3.05, 3.63) is 28.8 Å². The molecule has 0 saturated carbocycles. The number of amides is 1. The summed E-state index contributed by atoms with van der Waals surface area (Å²) in [5.74, 6) is -0.150. The molecule has 3 N–H and O–H groups in total. The highest BCUT2D eigenvalue weighted by atomic mass is 35.5. The number of anilines is 1. The van der Waals surface area contributed by atoms with Gasteiger partial charge in [-0.3, -0.25) is 4.79 Å². The molecule has 94 valence electrons. The van der Waals surface area contributed by atoms with E-state index in [1.807, 2.05) is 0 Å². The molecule has 0 saturated heterocycles. The lowest BCUT2D eigenvalue weighted by atomic mass is 9.92. The molecule has 1 rings (SSSR count). The van der Waals surface area contributed by atoms with Crippen LogP contribution in [0.15, 0.2) is 18.2 Å². The highest BCUT2D eigenvalue weighted by molar-refractivity contribution is 6.31. The monoisotopic (exact) mass is 254 g/mol. The Balaban J connectivity index is 2.59. The number of rotatable bonds is 3. The molecule has 4 heteroatoms. The first-order valence-corrected chi connectivity index (χ1v) is 6.00. The summed E-state index contributed by atoms with van der Waals surface area (Å²) in [7, 11) is 0. The number of hydrogen-bond acceptors (Lipinski definition) is 2. The van der Waals surface area contributed by atoms with E-state index in [2.05, 4.69) is 26.1 Å². The van der Waals surface area contributed by atoms with E-state index in [9.17, 15) is 4.79 Å². The van der Waals surface area contributed by atoms with Crippen LogP contribution in [-0.2, 0) is 0 Å². The third-order valence-electron chi connectivity index (χ3n) is 2.42. The van der Waals surface area contributed by atoms with Crippen molar-refractivity contribution in [2.75, 3.05) is 12.3 Å². The minimum atomic E-state index is -0.150. The fraction of sp³-hybridized carbons (Fsp3) is 0.462. The second kappa shape index (κ2) is 5.41. The third kappa shape index (κ3) is 4.65. The molecule has 0 aliphatic rings. The molecule has 0 atom stereocenters. The van der Waals surface area contributed by atoms with Crippen molar-refractivity contribution in [3.8, 4) is 0 Å². The summed E-state index contributed by atoms with van der Waals surface area (Å²) in [6.07, 6.45) is 0.923. The number of carbonyl (C=O) groups excluding carboxylic acids is 1. The molecular weight excluding hydrogens is 236 g/mol. The average Bonchev–Trinajstić information content (AvgIpc) is 2.15. The maximum absolute atomic E-state index is 11.8. The minimum absolute atomic E-state index is 0.150. The van der Waals surface area contributed by atoms with Crippen LogP contribution in [0.3, 0.4) is 0 Å². The third-order valence-corrected chi connectivity index (χ3v) is 2.65. The topological polar surface area (TPSA) is 55.1 Å². The number of nitrogens with one attached hydrogen (secondary N) is 1. The maximum atomic E-state index is 11.8. The Morgan fingerprint density at radius 1 is 1.41 bits per heavy atom. The van der Waals surface area contributed by atoms with Gasteiger partial charge < -0.3 is 11.1 Å². The van der Waals surface area contributed by atoms with Gasteiger partial charge in [0.1, 0.15) is 0 Å². The molecule has 0 radical (unpaired) electrons. The van der Waals surface area contributed by atoms with Crippen molar-refractivity contribution < 1.29 is 4.79 Å². The quantitative estimate of drug-likeness (QED) is 0.815. The Kier molecular flexibility index (Phi) is 4.40. The summed E-state index contributed by atoms with van der Waals surface area (Å²) >= 11 is 5.77. The van der Waals surface area contributed by atoms with Crippen molar-refractivity contribution >= 4 is 23.2 Å². The van der Waals surface area contributed by atoms with Gasteiger partial charge in [0.25, 0.3) is 5.91 Å². The van der Waals surface area contributed by atoms with Crippen LogP contribution >= 0.6 is 11.6 Å². The van der Waals surface area contributed by atoms with E-state index in [1.54, 1.807) is 18.2 Å². The molecule has 1 aromatic rings. The van der Waals surface area contributed by atoms with Gasteiger partial charge in [-0.25, -0.2) is 0 Å². The smallest absolute Gasteiger partial charge is 0.253 e. The molecule has 0 unspecified atom stereocenters. The normalized spacial score (nSPS) is 11.3. The van der Waals surface area contributed by atoms with Gasteiger partial charge in [-0.05, 0) is 30.0 Å². The highest BCUT2D eigenvalue weighted by Gasteiger charge is 2.12. The summed E-state index contributed by atoms with van der Waals surface area (Å²) in [5.41, 5.74) is 6.83. The Bertz CT molecular complexity index is 410. The van der Waals surface area contributed by atoms with Crippen LogP contribution in [0.25, 0.3) is 0 Å². The van der Waals surface area contributed by atoms with Crippen molar-refractivity contribution in [1.82, 2.24) is 5.32 Å². The highest BCUT2D eigenvalue weighted by Crippen LogP contribution is 2.19. The van der Waals surface area contributed by atoms with E-state index in [4.69, 9.17) is 17.3 Å². The SMILES string of the molecule is CC(C)(C)CCNC(=O)c1ccc(Cl)cc1N. The van der Waals surface area contributed by atoms with Crippen molar-refractivity contribution in [2.45, 2.75) is 27.2 Å². The average molecular weight is 255 g/mol. The van der Waals surface area contributed by atoms with Crippen LogP contribution < -0.4 is 11.1 Å². The van der Waals surface area contributed by atoms with Gasteiger partial charge >= 0.3 is 0 Å². The van der Waals surface area contributed by atoms with Crippen LogP contribution in [0.4, 0.5) is 5.69 Å². The van der Waals surface area contributed by atoms with Crippen LogP contribution in [0.5, 0.6) is 0 Å². The standard InChI is InChI=1S/C13H19ClN2O/c1-13(2,3)6-7-16-12(17)10-5-4-9(14)8-11(10)15/h4-5,8H,6-7,15H2,1-3H3,(H,16,17). The number of nitrogens with two attached hydrogens (primary N) is 1. The number of carbonyl (C=O) groups is 1. The van der Waals surface area contributed by atoms with Gasteiger partial charge in [0.05, 0.1) is 5.56 Å². The molecular formula is C13H19ClN2O.